The third-order valence-electron chi connectivity index (χ3n) is 5.29. The number of aromatic nitrogens is 2. The smallest absolute Gasteiger partial charge is 0.222 e. The van der Waals surface area contributed by atoms with E-state index in [1.54, 1.807) is 11.3 Å². The first kappa shape index (κ1) is 14.2. The van der Waals surface area contributed by atoms with Gasteiger partial charge in [0, 0.05) is 30.0 Å². The molecule has 5 heterocycles. The maximum atomic E-state index is 4.55. The van der Waals surface area contributed by atoms with Crippen molar-refractivity contribution in [3.8, 4) is 11.1 Å². The summed E-state index contributed by atoms with van der Waals surface area (Å²) in [6, 6.07) is 1.06. The van der Waals surface area contributed by atoms with Gasteiger partial charge in [0.2, 0.25) is 5.95 Å². The van der Waals surface area contributed by atoms with Gasteiger partial charge in [-0.2, -0.15) is 11.3 Å². The second-order valence-electron chi connectivity index (χ2n) is 6.55. The lowest BCUT2D eigenvalue weighted by molar-refractivity contribution is 0.0455. The molecule has 3 aliphatic heterocycles. The van der Waals surface area contributed by atoms with Crippen molar-refractivity contribution in [3.05, 3.63) is 28.7 Å². The molecule has 2 aromatic rings. The molecule has 0 aromatic carbocycles. The summed E-state index contributed by atoms with van der Waals surface area (Å²) in [6.45, 7) is 6.96. The molecule has 5 rings (SSSR count). The predicted molar refractivity (Wildman–Crippen MR) is 91.3 cm³/mol. The van der Waals surface area contributed by atoms with Crippen LogP contribution in [0.25, 0.3) is 11.1 Å². The van der Waals surface area contributed by atoms with Crippen LogP contribution in [0, 0.1) is 12.8 Å². The fourth-order valence-corrected chi connectivity index (χ4v) is 4.75. The molecule has 116 valence electrons. The van der Waals surface area contributed by atoms with Crippen molar-refractivity contribution in [2.45, 2.75) is 38.8 Å². The Balaban J connectivity index is 1.51. The van der Waals surface area contributed by atoms with Gasteiger partial charge in [0.15, 0.2) is 0 Å². The molecule has 3 aliphatic rings. The molecule has 0 amide bonds. The van der Waals surface area contributed by atoms with Crippen molar-refractivity contribution >= 4 is 17.3 Å². The fraction of sp³-hybridized carbons (Fsp3) is 0.529. The number of nitrogens with one attached hydrogen (secondary N) is 1. The van der Waals surface area contributed by atoms with Gasteiger partial charge in [-0.1, -0.05) is 0 Å². The van der Waals surface area contributed by atoms with Gasteiger partial charge in [-0.3, -0.25) is 4.90 Å². The summed E-state index contributed by atoms with van der Waals surface area (Å²) < 4.78 is 0. The number of rotatable bonds is 3. The molecule has 3 fully saturated rings. The Morgan fingerprint density at radius 3 is 2.50 bits per heavy atom. The Morgan fingerprint density at radius 2 is 1.91 bits per heavy atom. The third kappa shape index (κ3) is 2.42. The lowest BCUT2D eigenvalue weighted by atomic mass is 9.79. The molecule has 4 nitrogen and oxygen atoms in total. The van der Waals surface area contributed by atoms with Crippen molar-refractivity contribution in [2.75, 3.05) is 18.4 Å². The number of nitrogens with zero attached hydrogens (tertiary/aromatic N) is 3. The highest BCUT2D eigenvalue weighted by atomic mass is 32.1. The number of anilines is 1. The summed E-state index contributed by atoms with van der Waals surface area (Å²) in [5, 5.41) is 7.91. The van der Waals surface area contributed by atoms with Gasteiger partial charge in [0.1, 0.15) is 0 Å². The molecule has 0 saturated carbocycles. The van der Waals surface area contributed by atoms with E-state index in [0.717, 1.165) is 17.4 Å². The molecule has 0 spiro atoms. The van der Waals surface area contributed by atoms with Crippen LogP contribution in [-0.2, 0) is 0 Å². The van der Waals surface area contributed by atoms with E-state index in [2.05, 4.69) is 44.8 Å². The van der Waals surface area contributed by atoms with Crippen molar-refractivity contribution in [1.82, 2.24) is 14.9 Å². The van der Waals surface area contributed by atoms with Gasteiger partial charge in [-0.15, -0.1) is 0 Å². The molecular weight excluding hydrogens is 292 g/mol. The van der Waals surface area contributed by atoms with Gasteiger partial charge in [-0.25, -0.2) is 9.97 Å². The highest BCUT2D eigenvalue weighted by Crippen LogP contribution is 2.33. The van der Waals surface area contributed by atoms with Gasteiger partial charge in [-0.05, 0) is 67.6 Å². The zero-order valence-electron chi connectivity index (χ0n) is 13.1. The molecule has 2 aromatic heterocycles. The minimum atomic E-state index is 0.483. The van der Waals surface area contributed by atoms with Gasteiger partial charge in [0.05, 0.1) is 0 Å². The van der Waals surface area contributed by atoms with E-state index < -0.39 is 0 Å². The van der Waals surface area contributed by atoms with E-state index in [1.165, 1.54) is 37.1 Å². The number of hydrogen-bond donors (Lipinski definition) is 1. The fourth-order valence-electron chi connectivity index (χ4n) is 3.89. The number of aryl methyl sites for hydroxylation is 1. The van der Waals surface area contributed by atoms with Crippen LogP contribution in [0.2, 0.25) is 0 Å². The molecule has 22 heavy (non-hydrogen) atoms. The van der Waals surface area contributed by atoms with E-state index in [0.29, 0.717) is 12.1 Å². The molecule has 3 saturated heterocycles. The SMILES string of the molecule is Cc1cscc1-c1cnc(N[C@H]2C3CCN(CC3)[C@@H]2C)nc1. The minimum absolute atomic E-state index is 0.483. The quantitative estimate of drug-likeness (QED) is 0.942. The molecule has 2 atom stereocenters. The number of hydrogen-bond acceptors (Lipinski definition) is 5. The van der Waals surface area contributed by atoms with Crippen molar-refractivity contribution in [1.29, 1.82) is 0 Å². The van der Waals surface area contributed by atoms with E-state index in [9.17, 15) is 0 Å². The Kier molecular flexibility index (Phi) is 3.62. The number of fused-ring (bicyclic) bond motifs is 3. The summed E-state index contributed by atoms with van der Waals surface area (Å²) in [5.41, 5.74) is 3.64. The summed E-state index contributed by atoms with van der Waals surface area (Å²) >= 11 is 1.73. The average molecular weight is 314 g/mol. The Morgan fingerprint density at radius 1 is 1.18 bits per heavy atom. The second kappa shape index (κ2) is 5.63. The summed E-state index contributed by atoms with van der Waals surface area (Å²) in [5.74, 6) is 1.53. The van der Waals surface area contributed by atoms with Crippen LogP contribution >= 0.6 is 11.3 Å². The van der Waals surface area contributed by atoms with Crippen molar-refractivity contribution < 1.29 is 0 Å². The van der Waals surface area contributed by atoms with Crippen LogP contribution in [0.3, 0.4) is 0 Å². The summed E-state index contributed by atoms with van der Waals surface area (Å²) in [4.78, 5) is 11.7. The third-order valence-corrected chi connectivity index (χ3v) is 6.15. The number of piperidine rings is 3. The molecular formula is C17H22N4S. The van der Waals surface area contributed by atoms with Crippen molar-refractivity contribution in [2.24, 2.45) is 5.92 Å². The van der Waals surface area contributed by atoms with E-state index in [4.69, 9.17) is 0 Å². The van der Waals surface area contributed by atoms with E-state index in [-0.39, 0.29) is 0 Å². The minimum Gasteiger partial charge on any atom is -0.350 e. The van der Waals surface area contributed by atoms with Gasteiger partial charge < -0.3 is 5.32 Å². The van der Waals surface area contributed by atoms with Crippen LogP contribution in [0.15, 0.2) is 23.2 Å². The van der Waals surface area contributed by atoms with Gasteiger partial charge in [0.25, 0.3) is 0 Å². The van der Waals surface area contributed by atoms with Crippen LogP contribution < -0.4 is 5.32 Å². The Labute approximate surface area is 135 Å². The maximum Gasteiger partial charge on any atom is 0.222 e. The monoisotopic (exact) mass is 314 g/mol. The zero-order chi connectivity index (χ0) is 15.1. The average Bonchev–Trinajstić information content (AvgIpc) is 2.98. The molecule has 2 bridgehead atoms. The standard InChI is InChI=1S/C17H22N4S/c1-11-9-22-10-15(11)14-7-18-17(19-8-14)20-16-12(2)21-5-3-13(16)4-6-21/h7-10,12-13,16H,3-6H2,1-2H3,(H,18,19,20)/t12-,16-/m1/s1. The Bertz CT molecular complexity index is 641. The lowest BCUT2D eigenvalue weighted by Gasteiger charge is -2.49. The first-order valence-corrected chi connectivity index (χ1v) is 9.02. The molecule has 0 radical (unpaired) electrons. The highest BCUT2D eigenvalue weighted by molar-refractivity contribution is 7.08. The highest BCUT2D eigenvalue weighted by Gasteiger charge is 2.39. The van der Waals surface area contributed by atoms with Crippen molar-refractivity contribution in [3.63, 3.8) is 0 Å². The lowest BCUT2D eigenvalue weighted by Crippen LogP contribution is -2.59. The van der Waals surface area contributed by atoms with Crippen LogP contribution in [0.5, 0.6) is 0 Å². The van der Waals surface area contributed by atoms with E-state index in [1.807, 2.05) is 12.4 Å². The summed E-state index contributed by atoms with van der Waals surface area (Å²) in [6.07, 6.45) is 6.48. The van der Waals surface area contributed by atoms with Gasteiger partial charge >= 0.3 is 0 Å². The molecule has 0 aliphatic carbocycles. The van der Waals surface area contributed by atoms with E-state index >= 15 is 0 Å². The second-order valence-corrected chi connectivity index (χ2v) is 7.29. The predicted octanol–water partition coefficient (Wildman–Crippen LogP) is 3.41. The normalized spacial score (nSPS) is 30.5. The first-order valence-electron chi connectivity index (χ1n) is 8.08. The Hall–Kier alpha value is -1.46. The topological polar surface area (TPSA) is 41.1 Å². The zero-order valence-corrected chi connectivity index (χ0v) is 13.9. The summed E-state index contributed by atoms with van der Waals surface area (Å²) in [7, 11) is 0. The van der Waals surface area contributed by atoms with Crippen LogP contribution in [-0.4, -0.2) is 40.0 Å². The van der Waals surface area contributed by atoms with Crippen LogP contribution in [0.1, 0.15) is 25.3 Å². The maximum absolute atomic E-state index is 4.55. The molecule has 1 N–H and O–H groups in total. The molecule has 5 heteroatoms. The first-order chi connectivity index (χ1) is 10.7. The number of thiophene rings is 1. The van der Waals surface area contributed by atoms with Crippen LogP contribution in [0.4, 0.5) is 5.95 Å². The largest absolute Gasteiger partial charge is 0.350 e. The molecule has 0 unspecified atom stereocenters.